The van der Waals surface area contributed by atoms with Crippen LogP contribution in [-0.4, -0.2) is 16.7 Å². The maximum absolute atomic E-state index is 4.23. The molecule has 2 heterocycles. The molecule has 0 amide bonds. The summed E-state index contributed by atoms with van der Waals surface area (Å²) in [6.45, 7) is 6.16. The number of fused-ring (bicyclic) bond motifs is 1. The van der Waals surface area contributed by atoms with E-state index < -0.39 is 0 Å². The molecule has 0 aliphatic carbocycles. The van der Waals surface area contributed by atoms with Crippen LogP contribution in [-0.2, 0) is 6.54 Å². The second kappa shape index (κ2) is 3.01. The molecule has 66 valence electrons. The fourth-order valence-corrected chi connectivity index (χ4v) is 1.47. The number of aromatic amines is 1. The van der Waals surface area contributed by atoms with E-state index in [2.05, 4.69) is 27.7 Å². The van der Waals surface area contributed by atoms with E-state index in [9.17, 15) is 0 Å². The maximum atomic E-state index is 4.23. The summed E-state index contributed by atoms with van der Waals surface area (Å²) in [7, 11) is 0. The van der Waals surface area contributed by atoms with E-state index >= 15 is 0 Å². The number of aromatic nitrogens is 2. The van der Waals surface area contributed by atoms with Crippen molar-refractivity contribution in [2.24, 2.45) is 4.99 Å². The first-order valence-electron chi connectivity index (χ1n) is 4.17. The predicted octanol–water partition coefficient (Wildman–Crippen LogP) is 2.07. The molecule has 0 atom stereocenters. The first-order valence-corrected chi connectivity index (χ1v) is 4.17. The van der Waals surface area contributed by atoms with Crippen LogP contribution in [0.5, 0.6) is 0 Å². The highest BCUT2D eigenvalue weighted by molar-refractivity contribution is 5.80. The van der Waals surface area contributed by atoms with Gasteiger partial charge < -0.3 is 4.98 Å². The van der Waals surface area contributed by atoms with Crippen molar-refractivity contribution in [2.45, 2.75) is 13.5 Å². The Bertz CT molecular complexity index is 442. The average molecular weight is 173 g/mol. The van der Waals surface area contributed by atoms with Gasteiger partial charge in [-0.2, -0.15) is 0 Å². The molecule has 0 aliphatic rings. The maximum Gasteiger partial charge on any atom is 0.137 e. The minimum Gasteiger partial charge on any atom is -0.344 e. The van der Waals surface area contributed by atoms with E-state index in [-0.39, 0.29) is 0 Å². The Hall–Kier alpha value is -1.64. The number of nitrogens with zero attached hydrogens (tertiary/aromatic N) is 2. The first-order chi connectivity index (χ1) is 6.31. The summed E-state index contributed by atoms with van der Waals surface area (Å²) in [5.41, 5.74) is 3.22. The largest absolute Gasteiger partial charge is 0.344 e. The lowest BCUT2D eigenvalue weighted by Crippen LogP contribution is -1.84. The second-order valence-electron chi connectivity index (χ2n) is 3.07. The van der Waals surface area contributed by atoms with Crippen molar-refractivity contribution in [2.75, 3.05) is 0 Å². The van der Waals surface area contributed by atoms with Crippen molar-refractivity contribution in [1.29, 1.82) is 0 Å². The molecule has 13 heavy (non-hydrogen) atoms. The third kappa shape index (κ3) is 1.33. The van der Waals surface area contributed by atoms with E-state index in [4.69, 9.17) is 0 Å². The van der Waals surface area contributed by atoms with E-state index in [1.165, 1.54) is 5.56 Å². The molecule has 2 rings (SSSR count). The van der Waals surface area contributed by atoms with Gasteiger partial charge >= 0.3 is 0 Å². The van der Waals surface area contributed by atoms with Crippen LogP contribution in [0.1, 0.15) is 11.3 Å². The van der Waals surface area contributed by atoms with Gasteiger partial charge in [0, 0.05) is 17.3 Å². The quantitative estimate of drug-likeness (QED) is 0.694. The zero-order valence-electron chi connectivity index (χ0n) is 7.54. The summed E-state index contributed by atoms with van der Waals surface area (Å²) in [4.78, 5) is 11.3. The molecule has 1 N–H and O–H groups in total. The molecule has 0 aromatic carbocycles. The highest BCUT2D eigenvalue weighted by Crippen LogP contribution is 2.17. The number of hydrogen-bond donors (Lipinski definition) is 1. The van der Waals surface area contributed by atoms with Crippen LogP contribution in [0.2, 0.25) is 0 Å². The number of nitrogens with one attached hydrogen (secondary N) is 1. The summed E-state index contributed by atoms with van der Waals surface area (Å²) in [6.07, 6.45) is 1.79. The lowest BCUT2D eigenvalue weighted by atomic mass is 10.2. The summed E-state index contributed by atoms with van der Waals surface area (Å²) in [6, 6.07) is 4.06. The Morgan fingerprint density at radius 2 is 2.46 bits per heavy atom. The normalized spacial score (nSPS) is 10.5. The van der Waals surface area contributed by atoms with Gasteiger partial charge in [0.1, 0.15) is 5.65 Å². The van der Waals surface area contributed by atoms with Gasteiger partial charge in [-0.15, -0.1) is 0 Å². The Kier molecular flexibility index (Phi) is 1.85. The molecule has 2 aromatic rings. The molecule has 0 aliphatic heterocycles. The molecule has 0 bridgehead atoms. The van der Waals surface area contributed by atoms with Crippen molar-refractivity contribution < 1.29 is 0 Å². The van der Waals surface area contributed by atoms with E-state index in [0.29, 0.717) is 6.54 Å². The third-order valence-electron chi connectivity index (χ3n) is 2.04. The number of aliphatic imine (C=N–C) groups is 1. The molecule has 0 fully saturated rings. The van der Waals surface area contributed by atoms with Gasteiger partial charge in [0.2, 0.25) is 0 Å². The number of hydrogen-bond acceptors (Lipinski definition) is 2. The van der Waals surface area contributed by atoms with Gasteiger partial charge in [-0.1, -0.05) is 0 Å². The van der Waals surface area contributed by atoms with Crippen molar-refractivity contribution in [3.8, 4) is 0 Å². The fourth-order valence-electron chi connectivity index (χ4n) is 1.47. The minimum absolute atomic E-state index is 0.649. The number of rotatable bonds is 2. The Morgan fingerprint density at radius 1 is 1.62 bits per heavy atom. The SMILES string of the molecule is C=NCc1ccnc2[nH]c(C)cc12. The van der Waals surface area contributed by atoms with Crippen molar-refractivity contribution >= 4 is 17.8 Å². The lowest BCUT2D eigenvalue weighted by Gasteiger charge is -1.96. The number of pyridine rings is 1. The van der Waals surface area contributed by atoms with Crippen LogP contribution < -0.4 is 0 Å². The molecular formula is C10H11N3. The lowest BCUT2D eigenvalue weighted by molar-refractivity contribution is 1.09. The van der Waals surface area contributed by atoms with Crippen LogP contribution in [0.15, 0.2) is 23.3 Å². The van der Waals surface area contributed by atoms with Crippen molar-refractivity contribution in [1.82, 2.24) is 9.97 Å². The van der Waals surface area contributed by atoms with Gasteiger partial charge in [0.25, 0.3) is 0 Å². The van der Waals surface area contributed by atoms with Crippen LogP contribution in [0, 0.1) is 6.92 Å². The molecular weight excluding hydrogens is 162 g/mol. The molecule has 0 unspecified atom stereocenters. The van der Waals surface area contributed by atoms with Gasteiger partial charge in [-0.05, 0) is 31.3 Å². The van der Waals surface area contributed by atoms with Crippen LogP contribution >= 0.6 is 0 Å². The molecule has 3 heteroatoms. The van der Waals surface area contributed by atoms with Crippen molar-refractivity contribution in [3.05, 3.63) is 29.6 Å². The summed E-state index contributed by atoms with van der Waals surface area (Å²) in [5.74, 6) is 0. The zero-order valence-corrected chi connectivity index (χ0v) is 7.54. The minimum atomic E-state index is 0.649. The smallest absolute Gasteiger partial charge is 0.137 e. The highest BCUT2D eigenvalue weighted by atomic mass is 14.8. The summed E-state index contributed by atoms with van der Waals surface area (Å²) < 4.78 is 0. The summed E-state index contributed by atoms with van der Waals surface area (Å²) >= 11 is 0. The van der Waals surface area contributed by atoms with Gasteiger partial charge in [0.05, 0.1) is 6.54 Å². The number of H-pyrrole nitrogens is 1. The van der Waals surface area contributed by atoms with E-state index in [1.54, 1.807) is 6.20 Å². The van der Waals surface area contributed by atoms with E-state index in [0.717, 1.165) is 16.7 Å². The van der Waals surface area contributed by atoms with Gasteiger partial charge in [-0.25, -0.2) is 4.98 Å². The Balaban J connectivity index is 2.67. The average Bonchev–Trinajstić information content (AvgIpc) is 2.47. The van der Waals surface area contributed by atoms with Crippen LogP contribution in [0.4, 0.5) is 0 Å². The van der Waals surface area contributed by atoms with E-state index in [1.807, 2.05) is 13.0 Å². The predicted molar refractivity (Wildman–Crippen MR) is 54.1 cm³/mol. The standard InChI is InChI=1S/C10H11N3/c1-7-5-9-8(6-11-2)3-4-12-10(9)13-7/h3-5H,2,6H2,1H3,(H,12,13). The van der Waals surface area contributed by atoms with Crippen LogP contribution in [0.25, 0.3) is 11.0 Å². The molecule has 0 saturated heterocycles. The summed E-state index contributed by atoms with van der Waals surface area (Å²) in [5, 5.41) is 1.15. The third-order valence-corrected chi connectivity index (χ3v) is 2.04. The molecule has 0 spiro atoms. The second-order valence-corrected chi connectivity index (χ2v) is 3.07. The Morgan fingerprint density at radius 3 is 3.23 bits per heavy atom. The van der Waals surface area contributed by atoms with Gasteiger partial charge in [-0.3, -0.25) is 4.99 Å². The topological polar surface area (TPSA) is 41.0 Å². The molecule has 2 aromatic heterocycles. The number of aryl methyl sites for hydroxylation is 1. The Labute approximate surface area is 76.5 Å². The zero-order chi connectivity index (χ0) is 9.26. The van der Waals surface area contributed by atoms with Crippen molar-refractivity contribution in [3.63, 3.8) is 0 Å². The molecule has 3 nitrogen and oxygen atoms in total. The molecule has 0 saturated carbocycles. The fraction of sp³-hybridized carbons (Fsp3) is 0.200. The monoisotopic (exact) mass is 173 g/mol. The highest BCUT2D eigenvalue weighted by Gasteiger charge is 2.02. The van der Waals surface area contributed by atoms with Crippen LogP contribution in [0.3, 0.4) is 0 Å². The van der Waals surface area contributed by atoms with Gasteiger partial charge in [0.15, 0.2) is 0 Å². The first kappa shape index (κ1) is 7.98. The molecule has 0 radical (unpaired) electrons.